The minimum atomic E-state index is -3.67. The van der Waals surface area contributed by atoms with Crippen molar-refractivity contribution >= 4 is 47.9 Å². The minimum Gasteiger partial charge on any atom is -0.543 e. The van der Waals surface area contributed by atoms with E-state index in [1.165, 1.54) is 14.2 Å². The number of hydrogen-bond acceptors (Lipinski definition) is 13. The van der Waals surface area contributed by atoms with Gasteiger partial charge in [0.1, 0.15) is 56.1 Å². The lowest BCUT2D eigenvalue weighted by molar-refractivity contribution is -0.0464. The third kappa shape index (κ3) is 12.6. The number of methoxy groups -OCH3 is 5. The second-order valence-corrected chi connectivity index (χ2v) is 43.7. The Kier molecular flexibility index (Phi) is 19.1. The van der Waals surface area contributed by atoms with Gasteiger partial charge in [-0.3, -0.25) is 9.59 Å². The van der Waals surface area contributed by atoms with Gasteiger partial charge in [-0.1, -0.05) is 108 Å². The molecule has 0 spiro atoms. The van der Waals surface area contributed by atoms with Crippen LogP contribution in [0.25, 0.3) is 0 Å². The second kappa shape index (κ2) is 23.2. The molecule has 0 saturated heterocycles. The Morgan fingerprint density at radius 1 is 0.537 bits per heavy atom. The molecule has 2 aromatic rings. The van der Waals surface area contributed by atoms with E-state index in [0.29, 0.717) is 81.4 Å². The van der Waals surface area contributed by atoms with E-state index in [1.54, 1.807) is 44.3 Å². The number of Topliss-reactive ketones (excluding diaryl/α,β-unsaturated/α-hetero) is 2. The zero-order valence-electron chi connectivity index (χ0n) is 54.9. The van der Waals surface area contributed by atoms with Gasteiger partial charge in [0.05, 0.1) is 45.2 Å². The highest BCUT2D eigenvalue weighted by molar-refractivity contribution is 7.95. The molecule has 82 heavy (non-hydrogen) atoms. The molecule has 0 amide bonds. The average molecular weight is 1210 g/mol. The van der Waals surface area contributed by atoms with Crippen LogP contribution in [0.5, 0.6) is 34.5 Å². The van der Waals surface area contributed by atoms with E-state index in [1.807, 2.05) is 48.5 Å². The second-order valence-electron chi connectivity index (χ2n) is 30.4. The summed E-state index contributed by atoms with van der Waals surface area (Å²) in [5.74, 6) is 3.44. The molecule has 462 valence electrons. The first-order valence-corrected chi connectivity index (χ1v) is 38.8. The van der Waals surface area contributed by atoms with E-state index >= 15 is 0 Å². The molecular weight excluding hydrogens is 1110 g/mol. The van der Waals surface area contributed by atoms with Gasteiger partial charge in [-0.25, -0.2) is 16.8 Å². The molecule has 0 radical (unpaired) electrons. The Labute approximate surface area is 497 Å². The van der Waals surface area contributed by atoms with Crippen molar-refractivity contribution < 1.29 is 59.0 Å². The number of hydrogen-bond donors (Lipinski definition) is 0. The maximum Gasteiger partial charge on any atom is 0.250 e. The van der Waals surface area contributed by atoms with Crippen molar-refractivity contribution in [2.75, 3.05) is 35.5 Å². The first kappa shape index (κ1) is 67.5. The van der Waals surface area contributed by atoms with Gasteiger partial charge in [-0.15, -0.1) is 0 Å². The zero-order valence-corrected chi connectivity index (χ0v) is 58.6. The van der Waals surface area contributed by atoms with Gasteiger partial charge < -0.3 is 32.5 Å². The van der Waals surface area contributed by atoms with E-state index in [9.17, 15) is 26.4 Å². The Morgan fingerprint density at radius 2 is 0.829 bits per heavy atom. The number of rotatable bonds is 16. The fraction of sp³-hybridized carbons (Fsp3) is 0.723. The number of allylic oxidation sites excluding steroid dienone is 2. The summed E-state index contributed by atoms with van der Waals surface area (Å²) in [5, 5.41) is 1.05. The van der Waals surface area contributed by atoms with Crippen molar-refractivity contribution in [3.63, 3.8) is 0 Å². The highest BCUT2D eigenvalue weighted by atomic mass is 32.2. The topological polar surface area (TPSA) is 167 Å². The molecule has 2 aliphatic heterocycles. The van der Waals surface area contributed by atoms with Crippen LogP contribution < -0.4 is 27.8 Å². The number of carbonyl (C=O) groups excluding carboxylic acids is 2. The van der Waals surface area contributed by atoms with Gasteiger partial charge in [-0.2, -0.15) is 0 Å². The molecular formula is C65H104O13S2Si2. The normalized spacial score (nSPS) is 26.2. The molecule has 2 aromatic carbocycles. The number of ketones is 2. The number of ether oxygens (including phenoxy) is 5. The van der Waals surface area contributed by atoms with Gasteiger partial charge in [0.25, 0.3) is 16.6 Å². The van der Waals surface area contributed by atoms with Crippen LogP contribution in [-0.2, 0) is 24.4 Å². The summed E-state index contributed by atoms with van der Waals surface area (Å²) in [6.45, 7) is 44.3. The van der Waals surface area contributed by atoms with Crippen LogP contribution in [0.2, 0.25) is 36.3 Å². The van der Waals surface area contributed by atoms with Gasteiger partial charge in [0.15, 0.2) is 31.2 Å². The summed E-state index contributed by atoms with van der Waals surface area (Å²) >= 11 is 0. The molecule has 2 heterocycles. The van der Waals surface area contributed by atoms with E-state index in [4.69, 9.17) is 32.5 Å². The van der Waals surface area contributed by atoms with Crippen molar-refractivity contribution in [2.24, 2.45) is 58.2 Å². The molecule has 0 aromatic heterocycles. The molecule has 0 N–H and O–H groups in total. The molecule has 4 bridgehead atoms. The largest absolute Gasteiger partial charge is 0.543 e. The number of sulfone groups is 2. The van der Waals surface area contributed by atoms with E-state index in [2.05, 4.69) is 95.4 Å². The zero-order chi connectivity index (χ0) is 62.4. The van der Waals surface area contributed by atoms with Gasteiger partial charge in [0, 0.05) is 54.7 Å². The maximum atomic E-state index is 14.0. The lowest BCUT2D eigenvalue weighted by Crippen LogP contribution is -2.52. The quantitative estimate of drug-likeness (QED) is 0.115. The smallest absolute Gasteiger partial charge is 0.250 e. The fourth-order valence-corrected chi connectivity index (χ4v) is 19.3. The Balaban J connectivity index is 0.000000240. The summed E-state index contributed by atoms with van der Waals surface area (Å²) < 4.78 is 98.1. The predicted molar refractivity (Wildman–Crippen MR) is 336 cm³/mol. The minimum absolute atomic E-state index is 0.0417. The molecule has 0 unspecified atom stereocenters. The Bertz CT molecular complexity index is 2860. The number of carbonyl (C=O) groups is 2. The molecule has 17 heteroatoms. The van der Waals surface area contributed by atoms with Crippen LogP contribution in [0.3, 0.4) is 0 Å². The van der Waals surface area contributed by atoms with E-state index in [0.717, 1.165) is 36.8 Å². The third-order valence-electron chi connectivity index (χ3n) is 20.3. The van der Waals surface area contributed by atoms with Crippen LogP contribution in [0, 0.1) is 58.2 Å². The SMILES string of the molecule is COC(C)(C)C.COc1cc(OC)c([C@@H]2[C@H]3C[C@H]4C[C@@H](C3=CS2(=O)=O)C4(C)C)c(O[Si](C)(C)C(C)(C)C)c1C(=O)CC(C)C.COc1cc(OC)c([C@@H]2[C@H]3C[C@H]4C[C@@H](C3=CS2(=O)=O)C4(C)C)c(O[Si](C)(C)C(C)(C)C)c1C(=O)CC(C)C. The molecule has 6 aliphatic carbocycles. The van der Waals surface area contributed by atoms with Crippen molar-refractivity contribution in [1.29, 1.82) is 0 Å². The maximum absolute atomic E-state index is 14.0. The summed E-state index contributed by atoms with van der Waals surface area (Å²) in [5.41, 5.74) is 3.98. The summed E-state index contributed by atoms with van der Waals surface area (Å²) in [7, 11) is -4.51. The highest BCUT2D eigenvalue weighted by Gasteiger charge is 2.63. The standard InChI is InChI=1S/2C30H46O6SSi.C5H12O/c2*1-17(2)12-22(31)25-23(34-8)15-24(35-9)26(27(25)36-38(10,11)29(3,4)5)28-19-13-18-14-21(30(18,6)7)20(19)16-37(28,32)33;1-5(2,3)6-4/h2*15-19,21,28H,12-14H2,1-11H3;1-4H3/t2*18-,19-,21-,28-;/m00./s1. The van der Waals surface area contributed by atoms with Gasteiger partial charge in [-0.05, 0) is 129 Å². The Hall–Kier alpha value is -3.65. The third-order valence-corrected chi connectivity index (χ3v) is 32.7. The first-order valence-electron chi connectivity index (χ1n) is 29.8. The van der Waals surface area contributed by atoms with Crippen LogP contribution in [-0.4, -0.2) is 86.2 Å². The van der Waals surface area contributed by atoms with Crippen molar-refractivity contribution in [3.8, 4) is 34.5 Å². The Morgan fingerprint density at radius 3 is 1.06 bits per heavy atom. The molecule has 10 rings (SSSR count). The van der Waals surface area contributed by atoms with E-state index in [-0.39, 0.29) is 73.6 Å². The molecule has 6 fully saturated rings. The summed E-state index contributed by atoms with van der Waals surface area (Å²) in [6.07, 6.45) is 4.31. The monoisotopic (exact) mass is 1210 g/mol. The molecule has 13 nitrogen and oxygen atoms in total. The van der Waals surface area contributed by atoms with Crippen molar-refractivity contribution in [2.45, 2.75) is 209 Å². The van der Waals surface area contributed by atoms with Crippen LogP contribution >= 0.6 is 0 Å². The van der Waals surface area contributed by atoms with Crippen molar-refractivity contribution in [3.05, 3.63) is 56.3 Å². The van der Waals surface area contributed by atoms with Crippen LogP contribution in [0.4, 0.5) is 0 Å². The highest BCUT2D eigenvalue weighted by Crippen LogP contribution is 2.70. The molecule has 6 saturated carbocycles. The van der Waals surface area contributed by atoms with Crippen LogP contribution in [0.15, 0.2) is 34.1 Å². The molecule has 8 atom stereocenters. The number of benzene rings is 2. The van der Waals surface area contributed by atoms with Crippen LogP contribution in [0.1, 0.15) is 199 Å². The molecule has 8 aliphatic rings. The predicted octanol–water partition coefficient (Wildman–Crippen LogP) is 16.1. The summed E-state index contributed by atoms with van der Waals surface area (Å²) in [6, 6.07) is 3.37. The average Bonchev–Trinajstić information content (AvgIpc) is 3.17. The lowest BCUT2D eigenvalue weighted by Gasteiger charge is -2.59. The van der Waals surface area contributed by atoms with Gasteiger partial charge >= 0.3 is 0 Å². The summed E-state index contributed by atoms with van der Waals surface area (Å²) in [4.78, 5) is 27.6. The lowest BCUT2D eigenvalue weighted by atomic mass is 9.45. The van der Waals surface area contributed by atoms with E-state index < -0.39 is 46.8 Å². The van der Waals surface area contributed by atoms with Gasteiger partial charge in [0.2, 0.25) is 0 Å². The first-order chi connectivity index (χ1) is 37.3. The fourth-order valence-electron chi connectivity index (χ4n) is 13.0. The van der Waals surface area contributed by atoms with Crippen molar-refractivity contribution in [1.82, 2.24) is 0 Å².